The van der Waals surface area contributed by atoms with E-state index in [0.29, 0.717) is 49.8 Å². The van der Waals surface area contributed by atoms with Gasteiger partial charge in [-0.05, 0) is 144 Å². The molecule has 2 aromatic heterocycles. The van der Waals surface area contributed by atoms with Crippen molar-refractivity contribution < 1.29 is 37.5 Å². The quantitative estimate of drug-likeness (QED) is 0.0807. The molecule has 21 heteroatoms. The van der Waals surface area contributed by atoms with E-state index in [0.717, 1.165) is 54.9 Å². The van der Waals surface area contributed by atoms with Gasteiger partial charge < -0.3 is 33.4 Å². The van der Waals surface area contributed by atoms with Crippen LogP contribution in [0.1, 0.15) is 86.2 Å². The summed E-state index contributed by atoms with van der Waals surface area (Å²) in [6.07, 6.45) is 6.49. The maximum absolute atomic E-state index is 13.6. The van der Waals surface area contributed by atoms with E-state index in [9.17, 15) is 19.2 Å². The van der Waals surface area contributed by atoms with E-state index in [2.05, 4.69) is 93.0 Å². The van der Waals surface area contributed by atoms with E-state index in [1.165, 1.54) is 11.1 Å². The average molecular weight is 1070 g/mol. The van der Waals surface area contributed by atoms with E-state index >= 15 is 0 Å². The van der Waals surface area contributed by atoms with Crippen molar-refractivity contribution >= 4 is 86.0 Å². The number of anilines is 2. The molecule has 6 heterocycles. The van der Waals surface area contributed by atoms with Gasteiger partial charge in [-0.2, -0.15) is 0 Å². The van der Waals surface area contributed by atoms with Crippen LogP contribution < -0.4 is 19.7 Å². The first-order valence-electron chi connectivity index (χ1n) is 24.0. The Bertz CT molecular complexity index is 2560. The number of halogens is 3. The van der Waals surface area contributed by atoms with Gasteiger partial charge in [-0.25, -0.2) is 19.9 Å². The lowest BCUT2D eigenvalue weighted by molar-refractivity contribution is -0.129. The second kappa shape index (κ2) is 23.5. The number of carbonyl (C=O) groups is 4. The van der Waals surface area contributed by atoms with Crippen LogP contribution in [-0.2, 0) is 31.3 Å². The Hall–Kier alpha value is -4.70. The number of aromatic nitrogens is 4. The van der Waals surface area contributed by atoms with Crippen molar-refractivity contribution in [1.82, 2.24) is 29.7 Å². The van der Waals surface area contributed by atoms with Crippen LogP contribution in [0.15, 0.2) is 60.9 Å². The van der Waals surface area contributed by atoms with Crippen LogP contribution in [-0.4, -0.2) is 134 Å². The molecular formula is C50H67Cl3N8O8Si2. The summed E-state index contributed by atoms with van der Waals surface area (Å²) < 4.78 is 23.8. The van der Waals surface area contributed by atoms with Crippen molar-refractivity contribution in [2.24, 2.45) is 0 Å². The van der Waals surface area contributed by atoms with E-state index in [1.807, 2.05) is 11.0 Å². The molecule has 4 aliphatic heterocycles. The standard InChI is InChI=1S/C25H33ClN4O4Si.C16H27ClN4O2Si.C9H7ClO2/c1-25(2,3)35(4,5)34-19-9-12-29(15-19)22(31)16-30(21-8-11-27-24(26)28-21)23(32)18-6-7-20-17(14-18)10-13-33-20;1-16(2,3)24(4,5)23-12-7-9-21(11-12)14(22)10-19-13-6-8-18-15(17)20-13;10-9(11)7-1-2-8-6(5-7)3-4-12-8/h6-8,11,14,19H,9-10,12-13,15-16H2,1-5H3;6,8,12H,7,9-11H2,1-5H3,(H,18,19,20);1-2,5H,3-4H2/t19-;12-;/m11./s1. The van der Waals surface area contributed by atoms with Crippen LogP contribution in [0.3, 0.4) is 0 Å². The van der Waals surface area contributed by atoms with Crippen molar-refractivity contribution in [2.45, 2.75) is 116 Å². The molecule has 1 N–H and O–H groups in total. The number of rotatable bonds is 12. The fourth-order valence-corrected chi connectivity index (χ4v) is 10.9. The molecule has 0 aliphatic carbocycles. The Labute approximate surface area is 434 Å². The van der Waals surface area contributed by atoms with Crippen LogP contribution in [0.4, 0.5) is 11.6 Å². The SMILES string of the molecule is CC(C)(C)[Si](C)(C)O[C@@H]1CCN(C(=O)CN(C(=O)c2ccc3c(c2)CCO3)c2ccnc(Cl)n2)C1.CC(C)(C)[Si](C)(C)O[C@@H]1CCN(C(=O)CNc2ccnc(Cl)n2)C1.O=C(Cl)c1ccc2c(c1)CCO2. The molecule has 16 nitrogen and oxygen atoms in total. The molecule has 0 bridgehead atoms. The summed E-state index contributed by atoms with van der Waals surface area (Å²) in [7, 11) is -3.74. The maximum Gasteiger partial charge on any atom is 0.259 e. The van der Waals surface area contributed by atoms with E-state index in [4.69, 9.17) is 53.1 Å². The first kappa shape index (κ1) is 55.6. The van der Waals surface area contributed by atoms with Gasteiger partial charge in [0.05, 0.1) is 32.0 Å². The van der Waals surface area contributed by atoms with Gasteiger partial charge in [0, 0.05) is 62.5 Å². The number of hydrogen-bond acceptors (Lipinski definition) is 13. The fraction of sp³-hybridized carbons (Fsp3) is 0.520. The maximum atomic E-state index is 13.6. The van der Waals surface area contributed by atoms with Gasteiger partial charge in [0.15, 0.2) is 16.6 Å². The number of benzene rings is 2. The molecule has 2 aromatic carbocycles. The molecule has 0 spiro atoms. The smallest absolute Gasteiger partial charge is 0.259 e. The number of likely N-dealkylation sites (tertiary alicyclic amines) is 2. The minimum Gasteiger partial charge on any atom is -0.493 e. The highest BCUT2D eigenvalue weighted by Crippen LogP contribution is 2.39. The van der Waals surface area contributed by atoms with Crippen molar-refractivity contribution in [3.8, 4) is 11.5 Å². The Balaban J connectivity index is 0.000000196. The second-order valence-electron chi connectivity index (χ2n) is 21.0. The zero-order valence-electron chi connectivity index (χ0n) is 42.4. The Kier molecular flexibility index (Phi) is 18.4. The predicted molar refractivity (Wildman–Crippen MR) is 282 cm³/mol. The Morgan fingerprint density at radius 3 is 1.72 bits per heavy atom. The zero-order chi connectivity index (χ0) is 51.9. The highest BCUT2D eigenvalue weighted by Gasteiger charge is 2.42. The molecule has 2 fully saturated rings. The highest BCUT2D eigenvalue weighted by molar-refractivity contribution is 6.74. The van der Waals surface area contributed by atoms with Crippen molar-refractivity contribution in [1.29, 1.82) is 0 Å². The molecule has 0 saturated carbocycles. The minimum atomic E-state index is -1.94. The first-order chi connectivity index (χ1) is 33.3. The molecule has 2 saturated heterocycles. The normalized spacial score (nSPS) is 17.4. The summed E-state index contributed by atoms with van der Waals surface area (Å²) in [5, 5.41) is 3.03. The largest absolute Gasteiger partial charge is 0.493 e. The van der Waals surface area contributed by atoms with Gasteiger partial charge >= 0.3 is 0 Å². The third-order valence-electron chi connectivity index (χ3n) is 13.9. The summed E-state index contributed by atoms with van der Waals surface area (Å²) >= 11 is 17.1. The molecule has 4 aliphatic rings. The third kappa shape index (κ3) is 15.0. The van der Waals surface area contributed by atoms with E-state index < -0.39 is 21.9 Å². The fourth-order valence-electron chi connectivity index (χ4n) is 7.75. The van der Waals surface area contributed by atoms with Gasteiger partial charge in [0.1, 0.15) is 29.7 Å². The summed E-state index contributed by atoms with van der Waals surface area (Å²) in [5.41, 5.74) is 3.06. The summed E-state index contributed by atoms with van der Waals surface area (Å²) in [5.74, 6) is 2.07. The molecule has 2 atom stereocenters. The van der Waals surface area contributed by atoms with Gasteiger partial charge in [0.2, 0.25) is 22.4 Å². The number of nitrogens with one attached hydrogen (secondary N) is 1. The monoisotopic (exact) mass is 1070 g/mol. The Morgan fingerprint density at radius 2 is 1.21 bits per heavy atom. The van der Waals surface area contributed by atoms with Crippen LogP contribution in [0, 0.1) is 0 Å². The number of ether oxygens (including phenoxy) is 2. The third-order valence-corrected chi connectivity index (χ3v) is 23.5. The van der Waals surface area contributed by atoms with Crippen molar-refractivity contribution in [3.63, 3.8) is 0 Å². The molecule has 8 rings (SSSR count). The Morgan fingerprint density at radius 1 is 0.718 bits per heavy atom. The average Bonchev–Trinajstić information content (AvgIpc) is 4.15. The lowest BCUT2D eigenvalue weighted by Crippen LogP contribution is -2.46. The molecular weight excluding hydrogens is 1000 g/mol. The molecule has 3 amide bonds. The second-order valence-corrected chi connectivity index (χ2v) is 31.5. The summed E-state index contributed by atoms with van der Waals surface area (Å²) in [6, 6.07) is 13.9. The lowest BCUT2D eigenvalue weighted by Gasteiger charge is -2.38. The van der Waals surface area contributed by atoms with Crippen molar-refractivity contribution in [3.05, 3.63) is 93.7 Å². The number of amides is 3. The van der Waals surface area contributed by atoms with Crippen LogP contribution in [0.2, 0.25) is 46.8 Å². The highest BCUT2D eigenvalue weighted by atomic mass is 35.5. The number of carbonyl (C=O) groups excluding carboxylic acids is 4. The van der Waals surface area contributed by atoms with Crippen LogP contribution >= 0.6 is 34.8 Å². The summed E-state index contributed by atoms with van der Waals surface area (Å²) in [4.78, 5) is 71.0. The van der Waals surface area contributed by atoms with Crippen LogP contribution in [0.5, 0.6) is 11.5 Å². The molecule has 4 aromatic rings. The van der Waals surface area contributed by atoms with Crippen LogP contribution in [0.25, 0.3) is 0 Å². The van der Waals surface area contributed by atoms with Gasteiger partial charge in [-0.15, -0.1) is 0 Å². The lowest BCUT2D eigenvalue weighted by atomic mass is 10.1. The molecule has 0 radical (unpaired) electrons. The summed E-state index contributed by atoms with van der Waals surface area (Å²) in [6.45, 7) is 26.1. The molecule has 0 unspecified atom stereocenters. The molecule has 71 heavy (non-hydrogen) atoms. The van der Waals surface area contributed by atoms with E-state index in [1.54, 1.807) is 53.6 Å². The predicted octanol–water partition coefficient (Wildman–Crippen LogP) is 9.50. The zero-order valence-corrected chi connectivity index (χ0v) is 46.7. The topological polar surface area (TPSA) is 179 Å². The van der Waals surface area contributed by atoms with Gasteiger partial charge in [-0.3, -0.25) is 24.1 Å². The van der Waals surface area contributed by atoms with E-state index in [-0.39, 0.29) is 69.5 Å². The minimum absolute atomic E-state index is 0.00852. The number of fused-ring (bicyclic) bond motifs is 2. The van der Waals surface area contributed by atoms with Crippen molar-refractivity contribution in [2.75, 3.05) is 62.7 Å². The number of hydrogen-bond donors (Lipinski definition) is 1. The first-order valence-corrected chi connectivity index (χ1v) is 30.9. The van der Waals surface area contributed by atoms with Gasteiger partial charge in [0.25, 0.3) is 11.1 Å². The number of nitrogens with zero attached hydrogens (tertiary/aromatic N) is 7. The molecule has 384 valence electrons. The van der Waals surface area contributed by atoms with Gasteiger partial charge in [-0.1, -0.05) is 41.5 Å².